The highest BCUT2D eigenvalue weighted by molar-refractivity contribution is 5.68. The van der Waals surface area contributed by atoms with Crippen LogP contribution in [0.5, 0.6) is 11.5 Å². The molecule has 1 saturated heterocycles. The Morgan fingerprint density at radius 2 is 1.73 bits per heavy atom. The summed E-state index contributed by atoms with van der Waals surface area (Å²) in [5.74, 6) is 1.65. The van der Waals surface area contributed by atoms with Gasteiger partial charge in [-0.05, 0) is 81.2 Å². The van der Waals surface area contributed by atoms with E-state index in [4.69, 9.17) is 54.1 Å². The van der Waals surface area contributed by atoms with Gasteiger partial charge in [-0.25, -0.2) is 14.5 Å². The number of β-amino-alcohol motifs (C(OH)–C–C–N with tert-alkyl or cyclic N) is 1. The Labute approximate surface area is 320 Å². The van der Waals surface area contributed by atoms with Crippen LogP contribution in [-0.2, 0) is 35.2 Å². The summed E-state index contributed by atoms with van der Waals surface area (Å²) in [5.41, 5.74) is 1.90. The van der Waals surface area contributed by atoms with Crippen molar-refractivity contribution < 1.29 is 68.8 Å². The Morgan fingerprint density at radius 3 is 2.47 bits per heavy atom. The van der Waals surface area contributed by atoms with Crippen LogP contribution in [0.2, 0.25) is 0 Å². The number of fused-ring (bicyclic) bond motifs is 1. The van der Waals surface area contributed by atoms with Crippen molar-refractivity contribution in [2.45, 2.75) is 94.6 Å². The number of aliphatic hydroxyl groups excluding tert-OH is 1. The van der Waals surface area contributed by atoms with E-state index >= 15 is 0 Å². The minimum Gasteiger partial charge on any atom is -0.490 e. The van der Waals surface area contributed by atoms with Crippen LogP contribution in [0.3, 0.4) is 0 Å². The van der Waals surface area contributed by atoms with E-state index in [1.165, 1.54) is 4.90 Å². The quantitative estimate of drug-likeness (QED) is 0.0898. The molecule has 18 nitrogen and oxygen atoms in total. The molecular weight excluding hydrogens is 724 g/mol. The van der Waals surface area contributed by atoms with Crippen molar-refractivity contribution in [1.82, 2.24) is 15.7 Å². The molecule has 2 fully saturated rings. The molecule has 2 aliphatic heterocycles. The Balaban J connectivity index is 1.18. The molecule has 55 heavy (non-hydrogen) atoms. The van der Waals surface area contributed by atoms with Crippen molar-refractivity contribution in [2.75, 3.05) is 64.6 Å². The standard InChI is InChI=1S/C37H56N4O14/c1-48-19-7-17-38-18-21-49-34-16-11-27(22-32(34)38)25-51-35-24-39(37(43)50-20-6-5-10-31(55-41(46)47)26-52-40(44)45)23-33(42)36(35)54-30-14-12-29(13-15-30)53-28-8-3-2-4-9-28/h2-4,8-9,11,16,22,29-31,33,35-36,42,44-47H,5-7,10,12-15,17-21,23-26H2,1H3. The zero-order valence-corrected chi connectivity index (χ0v) is 31.3. The number of likely N-dealkylation sites (tertiary alicyclic amines) is 1. The normalized spacial score (nSPS) is 23.4. The molecule has 5 rings (SSSR count). The van der Waals surface area contributed by atoms with E-state index in [0.29, 0.717) is 26.1 Å². The van der Waals surface area contributed by atoms with Gasteiger partial charge in [0.25, 0.3) is 0 Å². The third-order valence-electron chi connectivity index (χ3n) is 9.82. The second-order valence-electron chi connectivity index (χ2n) is 13.9. The van der Waals surface area contributed by atoms with E-state index in [-0.39, 0.29) is 44.9 Å². The summed E-state index contributed by atoms with van der Waals surface area (Å²) in [6.07, 6.45) is 1.05. The third-order valence-corrected chi connectivity index (χ3v) is 9.82. The molecule has 18 heteroatoms. The van der Waals surface area contributed by atoms with Gasteiger partial charge >= 0.3 is 6.09 Å². The highest BCUT2D eigenvalue weighted by Gasteiger charge is 2.42. The average molecular weight is 781 g/mol. The maximum absolute atomic E-state index is 13.2. The number of anilines is 1. The van der Waals surface area contributed by atoms with Gasteiger partial charge in [-0.3, -0.25) is 20.8 Å². The topological polar surface area (TPSA) is 205 Å². The molecule has 0 bridgehead atoms. The van der Waals surface area contributed by atoms with E-state index < -0.39 is 47.9 Å². The van der Waals surface area contributed by atoms with Gasteiger partial charge in [-0.2, -0.15) is 0 Å². The fraction of sp³-hybridized carbons (Fsp3) is 0.649. The molecule has 3 aliphatic rings. The number of para-hydroxylation sites is 1. The van der Waals surface area contributed by atoms with E-state index in [0.717, 1.165) is 67.9 Å². The van der Waals surface area contributed by atoms with Crippen LogP contribution in [0, 0.1) is 0 Å². The summed E-state index contributed by atoms with van der Waals surface area (Å²) >= 11 is 0. The molecule has 4 unspecified atom stereocenters. The second-order valence-corrected chi connectivity index (χ2v) is 13.9. The Bertz CT molecular complexity index is 1400. The minimum atomic E-state index is -1.03. The highest BCUT2D eigenvalue weighted by Crippen LogP contribution is 2.34. The van der Waals surface area contributed by atoms with Crippen LogP contribution in [0.1, 0.15) is 56.9 Å². The summed E-state index contributed by atoms with van der Waals surface area (Å²) in [4.78, 5) is 26.2. The van der Waals surface area contributed by atoms with Crippen molar-refractivity contribution >= 4 is 11.8 Å². The lowest BCUT2D eigenvalue weighted by atomic mass is 9.93. The number of carbonyl (C=O) groups is 1. The molecular formula is C37H56N4O14. The lowest BCUT2D eigenvalue weighted by Gasteiger charge is -2.43. The summed E-state index contributed by atoms with van der Waals surface area (Å²) in [7, 11) is 1.69. The predicted molar refractivity (Wildman–Crippen MR) is 192 cm³/mol. The lowest BCUT2D eigenvalue weighted by molar-refractivity contribution is -0.527. The Kier molecular flexibility index (Phi) is 17.4. The van der Waals surface area contributed by atoms with Crippen molar-refractivity contribution in [3.8, 4) is 11.5 Å². The van der Waals surface area contributed by atoms with Gasteiger partial charge in [0.15, 0.2) is 0 Å². The molecule has 2 aromatic carbocycles. The predicted octanol–water partition coefficient (Wildman–Crippen LogP) is 3.96. The highest BCUT2D eigenvalue weighted by atomic mass is 17.1. The lowest BCUT2D eigenvalue weighted by Crippen LogP contribution is -2.59. The molecule has 1 saturated carbocycles. The first-order chi connectivity index (χ1) is 26.7. The number of methoxy groups -OCH3 is 1. The molecule has 1 amide bonds. The molecule has 308 valence electrons. The molecule has 2 aromatic rings. The van der Waals surface area contributed by atoms with E-state index in [9.17, 15) is 9.90 Å². The number of rotatable bonds is 21. The van der Waals surface area contributed by atoms with Crippen LogP contribution in [0.25, 0.3) is 0 Å². The molecule has 4 atom stereocenters. The van der Waals surface area contributed by atoms with Gasteiger partial charge in [-0.15, -0.1) is 0 Å². The van der Waals surface area contributed by atoms with Crippen LogP contribution in [-0.4, -0.2) is 144 Å². The average Bonchev–Trinajstić information content (AvgIpc) is 3.17. The summed E-state index contributed by atoms with van der Waals surface area (Å²) in [6.45, 7) is 2.85. The summed E-state index contributed by atoms with van der Waals surface area (Å²) < 4.78 is 35.9. The van der Waals surface area contributed by atoms with Gasteiger partial charge in [0.1, 0.15) is 49.1 Å². The molecule has 1 aliphatic carbocycles. The monoisotopic (exact) mass is 780 g/mol. The molecule has 5 N–H and O–H groups in total. The summed E-state index contributed by atoms with van der Waals surface area (Å²) in [6, 6.07) is 15.7. The fourth-order valence-corrected chi connectivity index (χ4v) is 7.07. The van der Waals surface area contributed by atoms with Crippen LogP contribution in [0.4, 0.5) is 10.5 Å². The van der Waals surface area contributed by atoms with Gasteiger partial charge in [-0.1, -0.05) is 24.3 Å². The Morgan fingerprint density at radius 1 is 0.945 bits per heavy atom. The number of unbranched alkanes of at least 4 members (excludes halogenated alkanes) is 1. The largest absolute Gasteiger partial charge is 0.490 e. The maximum atomic E-state index is 13.2. The third kappa shape index (κ3) is 14.0. The number of nitrogens with zero attached hydrogens (tertiary/aromatic N) is 4. The maximum Gasteiger partial charge on any atom is 0.409 e. The first-order valence-electron chi connectivity index (χ1n) is 18.9. The molecule has 2 heterocycles. The molecule has 0 aromatic heterocycles. The number of hydrogen-bond acceptors (Lipinski definition) is 17. The molecule has 0 spiro atoms. The number of ether oxygens (including phenoxy) is 6. The molecule has 0 radical (unpaired) electrons. The zero-order valence-electron chi connectivity index (χ0n) is 31.3. The van der Waals surface area contributed by atoms with Gasteiger partial charge < -0.3 is 43.3 Å². The summed E-state index contributed by atoms with van der Waals surface area (Å²) in [5, 5.41) is 45.9. The van der Waals surface area contributed by atoms with Crippen LogP contribution in [0.15, 0.2) is 48.5 Å². The number of piperidine rings is 1. The smallest absolute Gasteiger partial charge is 0.409 e. The van der Waals surface area contributed by atoms with Crippen molar-refractivity contribution in [1.29, 1.82) is 0 Å². The van der Waals surface area contributed by atoms with E-state index in [1.54, 1.807) is 7.11 Å². The second kappa shape index (κ2) is 22.4. The van der Waals surface area contributed by atoms with Crippen molar-refractivity contribution in [3.63, 3.8) is 0 Å². The van der Waals surface area contributed by atoms with Crippen molar-refractivity contribution in [2.24, 2.45) is 0 Å². The van der Waals surface area contributed by atoms with Crippen LogP contribution < -0.4 is 14.4 Å². The van der Waals surface area contributed by atoms with Crippen molar-refractivity contribution in [3.05, 3.63) is 54.1 Å². The van der Waals surface area contributed by atoms with Gasteiger partial charge in [0.05, 0.1) is 61.5 Å². The first kappa shape index (κ1) is 42.8. The van der Waals surface area contributed by atoms with E-state index in [1.807, 2.05) is 42.5 Å². The van der Waals surface area contributed by atoms with Gasteiger partial charge in [0.2, 0.25) is 0 Å². The number of benzene rings is 2. The first-order valence-corrected chi connectivity index (χ1v) is 18.9. The van der Waals surface area contributed by atoms with Crippen LogP contribution >= 0.6 is 0 Å². The Hall–Kier alpha value is -3.37. The fourth-order valence-electron chi connectivity index (χ4n) is 7.07. The number of amides is 1. The zero-order chi connectivity index (χ0) is 39.0. The SMILES string of the molecule is COCCCN1CCOc2ccc(COC3CN(C(=O)OCCCCC(CON(O)O)ON(O)O)CC(O)C3OC3CCC(Oc4ccccc4)CC3)cc21. The minimum absolute atomic E-state index is 0.00263. The number of aliphatic hydroxyl groups is 1. The van der Waals surface area contributed by atoms with E-state index in [2.05, 4.69) is 15.8 Å². The van der Waals surface area contributed by atoms with Gasteiger partial charge in [0, 0.05) is 20.3 Å². The number of hydrogen-bond donors (Lipinski definition) is 5. The number of carbonyl (C=O) groups excluding carboxylic acids is 1.